The lowest BCUT2D eigenvalue weighted by molar-refractivity contribution is -0.462. The number of nitro groups is 1. The summed E-state index contributed by atoms with van der Waals surface area (Å²) in [6.07, 6.45) is 7.17. The molecule has 2 aliphatic carbocycles. The van der Waals surface area contributed by atoms with E-state index in [4.69, 9.17) is 0 Å². The van der Waals surface area contributed by atoms with Crippen LogP contribution in [0.3, 0.4) is 0 Å². The number of benzene rings is 1. The highest BCUT2D eigenvalue weighted by atomic mass is 16.6. The second kappa shape index (κ2) is 5.73. The predicted octanol–water partition coefficient (Wildman–Crippen LogP) is 1.38. The molecule has 1 aromatic rings. The number of rotatable bonds is 2. The number of non-ortho nitro benzene ring substituents is 1. The Kier molecular flexibility index (Phi) is 3.73. The fourth-order valence-electron chi connectivity index (χ4n) is 2.59. The van der Waals surface area contributed by atoms with Crippen LogP contribution in [0.4, 0.5) is 5.69 Å². The summed E-state index contributed by atoms with van der Waals surface area (Å²) in [6.45, 7) is 0. The quantitative estimate of drug-likeness (QED) is 0.356. The average Bonchev–Trinajstić information content (AvgIpc) is 2.56. The van der Waals surface area contributed by atoms with E-state index in [0.29, 0.717) is 11.1 Å². The van der Waals surface area contributed by atoms with E-state index in [9.17, 15) is 20.0 Å². The molecule has 0 aromatic heterocycles. The lowest BCUT2D eigenvalue weighted by Gasteiger charge is -2.32. The molecule has 0 N–H and O–H groups in total. The molecule has 0 aliphatic heterocycles. The Morgan fingerprint density at radius 2 is 1.50 bits per heavy atom. The summed E-state index contributed by atoms with van der Waals surface area (Å²) < 4.78 is 1.92. The van der Waals surface area contributed by atoms with Gasteiger partial charge >= 0.3 is 0 Å². The van der Waals surface area contributed by atoms with E-state index in [-0.39, 0.29) is 28.4 Å². The number of carbonyl (C=O) groups is 1. The SMILES string of the molecule is C[N+](C)=C1C=CC(=C2C(=O)C(c3ccc([N+](=O)[O-])cc3)=C2[O-])C=C1. The van der Waals surface area contributed by atoms with E-state index in [1.807, 2.05) is 30.8 Å². The Hall–Kier alpha value is -3.28. The lowest BCUT2D eigenvalue weighted by Crippen LogP contribution is -2.30. The van der Waals surface area contributed by atoms with E-state index in [0.717, 1.165) is 5.71 Å². The van der Waals surface area contributed by atoms with Crippen molar-refractivity contribution in [2.24, 2.45) is 0 Å². The highest BCUT2D eigenvalue weighted by Gasteiger charge is 2.30. The van der Waals surface area contributed by atoms with Crippen LogP contribution in [0, 0.1) is 10.1 Å². The number of hydrogen-bond donors (Lipinski definition) is 0. The number of ketones is 1. The van der Waals surface area contributed by atoms with Crippen molar-refractivity contribution >= 4 is 22.8 Å². The molecule has 120 valence electrons. The lowest BCUT2D eigenvalue weighted by atomic mass is 9.80. The molecule has 2 aliphatic rings. The maximum atomic E-state index is 12.4. The summed E-state index contributed by atoms with van der Waals surface area (Å²) in [4.78, 5) is 22.5. The Bertz CT molecular complexity index is 891. The number of allylic oxidation sites excluding steroid dienone is 7. The zero-order valence-electron chi connectivity index (χ0n) is 13.1. The van der Waals surface area contributed by atoms with Gasteiger partial charge in [0.15, 0.2) is 11.5 Å². The molecule has 0 fully saturated rings. The van der Waals surface area contributed by atoms with E-state index in [1.54, 1.807) is 12.2 Å². The van der Waals surface area contributed by atoms with Gasteiger partial charge in [-0.3, -0.25) is 14.9 Å². The number of hydrogen-bond acceptors (Lipinski definition) is 4. The first-order valence-electron chi connectivity index (χ1n) is 7.26. The molecule has 0 saturated heterocycles. The summed E-state index contributed by atoms with van der Waals surface area (Å²) in [6, 6.07) is 5.42. The van der Waals surface area contributed by atoms with Crippen molar-refractivity contribution in [2.45, 2.75) is 0 Å². The van der Waals surface area contributed by atoms with Crippen molar-refractivity contribution < 1.29 is 19.4 Å². The van der Waals surface area contributed by atoms with Crippen LogP contribution in [0.5, 0.6) is 0 Å². The molecule has 0 heterocycles. The van der Waals surface area contributed by atoms with Gasteiger partial charge in [-0.2, -0.15) is 0 Å². The van der Waals surface area contributed by atoms with E-state index >= 15 is 0 Å². The summed E-state index contributed by atoms with van der Waals surface area (Å²) >= 11 is 0. The number of nitro benzene ring substituents is 1. The number of Topliss-reactive ketones (excluding diaryl/α,β-unsaturated/α-hetero) is 1. The predicted molar refractivity (Wildman–Crippen MR) is 87.4 cm³/mol. The molecule has 6 heteroatoms. The van der Waals surface area contributed by atoms with Gasteiger partial charge in [-0.25, -0.2) is 4.58 Å². The van der Waals surface area contributed by atoms with Gasteiger partial charge in [0.1, 0.15) is 14.1 Å². The van der Waals surface area contributed by atoms with Crippen LogP contribution < -0.4 is 5.11 Å². The fourth-order valence-corrected chi connectivity index (χ4v) is 2.59. The van der Waals surface area contributed by atoms with Crippen LogP contribution in [0.1, 0.15) is 5.56 Å². The second-order valence-electron chi connectivity index (χ2n) is 5.65. The van der Waals surface area contributed by atoms with Crippen LogP contribution in [-0.4, -0.2) is 35.1 Å². The van der Waals surface area contributed by atoms with E-state index in [1.165, 1.54) is 24.3 Å². The normalized spacial score (nSPS) is 16.6. The molecule has 1 aromatic carbocycles. The third-order valence-electron chi connectivity index (χ3n) is 3.95. The standard InChI is InChI=1S/C18H14N2O4/c1-19(2)13-7-3-11(4-8-13)15-17(21)16(18(15)22)12-5-9-14(10-6-12)20(23)24/h3-10H,1-2H3. The zero-order valence-corrected chi connectivity index (χ0v) is 13.1. The third-order valence-corrected chi connectivity index (χ3v) is 3.95. The molecular weight excluding hydrogens is 308 g/mol. The number of nitrogens with zero attached hydrogens (tertiary/aromatic N) is 2. The molecular formula is C18H14N2O4. The molecule has 0 atom stereocenters. The van der Waals surface area contributed by atoms with Gasteiger partial charge in [-0.05, 0) is 35.4 Å². The third kappa shape index (κ3) is 2.48. The smallest absolute Gasteiger partial charge is 0.269 e. The largest absolute Gasteiger partial charge is 0.871 e. The van der Waals surface area contributed by atoms with Gasteiger partial charge in [0.05, 0.1) is 4.92 Å². The molecule has 0 radical (unpaired) electrons. The first kappa shape index (κ1) is 15.6. The summed E-state index contributed by atoms with van der Waals surface area (Å²) in [5.74, 6) is -0.655. The fraction of sp³-hybridized carbons (Fsp3) is 0.111. The van der Waals surface area contributed by atoms with Crippen LogP contribution in [-0.2, 0) is 4.79 Å². The van der Waals surface area contributed by atoms with Gasteiger partial charge in [0, 0.05) is 35.4 Å². The molecule has 3 rings (SSSR count). The molecule has 0 saturated carbocycles. The van der Waals surface area contributed by atoms with Crippen LogP contribution in [0.15, 0.2) is 65.5 Å². The minimum Gasteiger partial charge on any atom is -0.871 e. The monoisotopic (exact) mass is 322 g/mol. The van der Waals surface area contributed by atoms with Gasteiger partial charge in [0.2, 0.25) is 0 Å². The van der Waals surface area contributed by atoms with Gasteiger partial charge in [-0.15, -0.1) is 0 Å². The first-order chi connectivity index (χ1) is 11.4. The molecule has 0 spiro atoms. The van der Waals surface area contributed by atoms with Crippen molar-refractivity contribution in [1.82, 2.24) is 0 Å². The Morgan fingerprint density at radius 3 is 1.96 bits per heavy atom. The van der Waals surface area contributed by atoms with E-state index in [2.05, 4.69) is 0 Å². The topological polar surface area (TPSA) is 86.3 Å². The maximum Gasteiger partial charge on any atom is 0.269 e. The first-order valence-corrected chi connectivity index (χ1v) is 7.26. The van der Waals surface area contributed by atoms with Gasteiger partial charge in [-0.1, -0.05) is 5.76 Å². The Morgan fingerprint density at radius 1 is 0.917 bits per heavy atom. The molecule has 0 amide bonds. The van der Waals surface area contributed by atoms with Crippen molar-refractivity contribution in [1.29, 1.82) is 0 Å². The highest BCUT2D eigenvalue weighted by Crippen LogP contribution is 2.37. The van der Waals surface area contributed by atoms with E-state index < -0.39 is 4.92 Å². The average molecular weight is 322 g/mol. The number of carbonyl (C=O) groups excluding carboxylic acids is 1. The van der Waals surface area contributed by atoms with Crippen molar-refractivity contribution in [3.63, 3.8) is 0 Å². The molecule has 6 nitrogen and oxygen atoms in total. The van der Waals surface area contributed by atoms with Crippen molar-refractivity contribution in [3.8, 4) is 0 Å². The van der Waals surface area contributed by atoms with Crippen molar-refractivity contribution in [2.75, 3.05) is 14.1 Å². The van der Waals surface area contributed by atoms with Crippen LogP contribution >= 0.6 is 0 Å². The maximum absolute atomic E-state index is 12.4. The minimum atomic E-state index is -0.525. The van der Waals surface area contributed by atoms with Crippen molar-refractivity contribution in [3.05, 3.63) is 81.2 Å². The Balaban J connectivity index is 1.97. The molecule has 0 unspecified atom stereocenters. The zero-order chi connectivity index (χ0) is 17.4. The molecule has 0 bridgehead atoms. The molecule has 24 heavy (non-hydrogen) atoms. The van der Waals surface area contributed by atoms with Gasteiger partial charge < -0.3 is 5.11 Å². The van der Waals surface area contributed by atoms with Gasteiger partial charge in [0.25, 0.3) is 5.69 Å². The van der Waals surface area contributed by atoms with Crippen LogP contribution in [0.25, 0.3) is 5.57 Å². The second-order valence-corrected chi connectivity index (χ2v) is 5.65. The summed E-state index contributed by atoms with van der Waals surface area (Å²) in [7, 11) is 3.81. The Labute approximate surface area is 138 Å². The highest BCUT2D eigenvalue weighted by molar-refractivity contribution is 6.39. The summed E-state index contributed by atoms with van der Waals surface area (Å²) in [5, 5.41) is 23.0. The summed E-state index contributed by atoms with van der Waals surface area (Å²) in [5.41, 5.74) is 2.12. The minimum absolute atomic E-state index is 0.0802. The van der Waals surface area contributed by atoms with Crippen LogP contribution in [0.2, 0.25) is 0 Å².